The van der Waals surface area contributed by atoms with Gasteiger partial charge >= 0.3 is 0 Å². The van der Waals surface area contributed by atoms with Crippen molar-refractivity contribution in [2.75, 3.05) is 13.6 Å². The number of nitrogens with zero attached hydrogens (tertiary/aromatic N) is 2. The Balaban J connectivity index is 2.01. The third-order valence-corrected chi connectivity index (χ3v) is 4.47. The molecular weight excluding hydrogens is 292 g/mol. The van der Waals surface area contributed by atoms with E-state index in [4.69, 9.17) is 0 Å². The van der Waals surface area contributed by atoms with Crippen molar-refractivity contribution in [2.45, 2.75) is 38.3 Å². The van der Waals surface area contributed by atoms with Crippen LogP contribution in [0.3, 0.4) is 0 Å². The summed E-state index contributed by atoms with van der Waals surface area (Å²) < 4.78 is 0. The second kappa shape index (κ2) is 7.31. The van der Waals surface area contributed by atoms with Crippen LogP contribution in [0.2, 0.25) is 0 Å². The summed E-state index contributed by atoms with van der Waals surface area (Å²) in [5.41, 5.74) is 1.06. The van der Waals surface area contributed by atoms with E-state index in [1.165, 1.54) is 6.08 Å². The maximum Gasteiger partial charge on any atom is 0.246 e. The van der Waals surface area contributed by atoms with Crippen LogP contribution in [0.1, 0.15) is 25.3 Å². The van der Waals surface area contributed by atoms with Gasteiger partial charge in [-0.1, -0.05) is 18.7 Å². The van der Waals surface area contributed by atoms with Gasteiger partial charge in [-0.25, -0.2) is 0 Å². The third kappa shape index (κ3) is 3.92. The number of hydrogen-bond donors (Lipinski definition) is 1. The first kappa shape index (κ1) is 17.1. The Morgan fingerprint density at radius 2 is 2.09 bits per heavy atom. The van der Waals surface area contributed by atoms with Crippen molar-refractivity contribution in [3.05, 3.63) is 42.5 Å². The van der Waals surface area contributed by atoms with Crippen molar-refractivity contribution in [3.8, 4) is 5.75 Å². The molecule has 2 rings (SSSR count). The fourth-order valence-corrected chi connectivity index (χ4v) is 2.97. The average Bonchev–Trinajstić information content (AvgIpc) is 3.04. The monoisotopic (exact) mass is 316 g/mol. The van der Waals surface area contributed by atoms with E-state index < -0.39 is 0 Å². The van der Waals surface area contributed by atoms with Gasteiger partial charge in [0.05, 0.1) is 0 Å². The molecule has 0 saturated carbocycles. The van der Waals surface area contributed by atoms with Crippen LogP contribution in [-0.2, 0) is 16.0 Å². The molecule has 0 aliphatic carbocycles. The second-order valence-corrected chi connectivity index (χ2v) is 6.06. The highest BCUT2D eigenvalue weighted by atomic mass is 16.3. The number of rotatable bonds is 5. The number of benzene rings is 1. The zero-order valence-corrected chi connectivity index (χ0v) is 13.7. The van der Waals surface area contributed by atoms with Crippen molar-refractivity contribution in [1.82, 2.24) is 9.80 Å². The zero-order valence-electron chi connectivity index (χ0n) is 13.7. The minimum Gasteiger partial charge on any atom is -0.508 e. The highest BCUT2D eigenvalue weighted by molar-refractivity contribution is 5.93. The van der Waals surface area contributed by atoms with E-state index in [9.17, 15) is 14.7 Å². The summed E-state index contributed by atoms with van der Waals surface area (Å²) in [4.78, 5) is 27.9. The number of aromatic hydroxyl groups is 1. The lowest BCUT2D eigenvalue weighted by Crippen LogP contribution is -2.49. The molecule has 1 aliphatic heterocycles. The van der Waals surface area contributed by atoms with Gasteiger partial charge in [-0.15, -0.1) is 0 Å². The molecule has 1 saturated heterocycles. The molecule has 1 aromatic rings. The quantitative estimate of drug-likeness (QED) is 0.845. The Labute approximate surface area is 137 Å². The normalized spacial score (nSPS) is 18.5. The van der Waals surface area contributed by atoms with Crippen LogP contribution >= 0.6 is 0 Å². The van der Waals surface area contributed by atoms with E-state index in [1.54, 1.807) is 29.0 Å². The molecule has 23 heavy (non-hydrogen) atoms. The minimum absolute atomic E-state index is 0.00771. The third-order valence-electron chi connectivity index (χ3n) is 4.47. The number of hydrogen-bond acceptors (Lipinski definition) is 3. The summed E-state index contributed by atoms with van der Waals surface area (Å²) in [5.74, 6) is 0.0276. The zero-order chi connectivity index (χ0) is 17.0. The molecule has 5 heteroatoms. The van der Waals surface area contributed by atoms with Crippen LogP contribution in [0, 0.1) is 0 Å². The molecule has 1 N–H and O–H groups in total. The van der Waals surface area contributed by atoms with Gasteiger partial charge in [-0.3, -0.25) is 9.59 Å². The highest BCUT2D eigenvalue weighted by Gasteiger charge is 2.35. The molecule has 1 heterocycles. The van der Waals surface area contributed by atoms with Crippen LogP contribution in [0.4, 0.5) is 0 Å². The molecule has 2 amide bonds. The SMILES string of the molecule is C=CC(=O)N1CCCC1C(=O)N(C)C(C)Cc1ccc(O)cc1. The van der Waals surface area contributed by atoms with Gasteiger partial charge in [0.1, 0.15) is 11.8 Å². The lowest BCUT2D eigenvalue weighted by molar-refractivity contribution is -0.142. The van der Waals surface area contributed by atoms with Gasteiger partial charge in [0.2, 0.25) is 11.8 Å². The van der Waals surface area contributed by atoms with Gasteiger partial charge in [-0.2, -0.15) is 0 Å². The molecule has 1 aliphatic rings. The number of carbonyl (C=O) groups is 2. The molecule has 0 radical (unpaired) electrons. The predicted octanol–water partition coefficient (Wildman–Crippen LogP) is 1.96. The van der Waals surface area contributed by atoms with Crippen LogP contribution < -0.4 is 0 Å². The molecule has 0 aromatic heterocycles. The summed E-state index contributed by atoms with van der Waals surface area (Å²) in [6, 6.07) is 6.62. The summed E-state index contributed by atoms with van der Waals surface area (Å²) in [6.45, 7) is 6.10. The highest BCUT2D eigenvalue weighted by Crippen LogP contribution is 2.21. The van der Waals surface area contributed by atoms with Crippen molar-refractivity contribution in [1.29, 1.82) is 0 Å². The molecule has 0 bridgehead atoms. The standard InChI is InChI=1S/C18H24N2O3/c1-4-17(22)20-11-5-6-16(20)18(23)19(3)13(2)12-14-7-9-15(21)10-8-14/h4,7-10,13,16,21H,1,5-6,11-12H2,2-3H3. The summed E-state index contributed by atoms with van der Waals surface area (Å²) in [7, 11) is 1.78. The summed E-state index contributed by atoms with van der Waals surface area (Å²) in [6.07, 6.45) is 3.51. The Morgan fingerprint density at radius 1 is 1.43 bits per heavy atom. The van der Waals surface area contributed by atoms with E-state index in [2.05, 4.69) is 6.58 Å². The van der Waals surface area contributed by atoms with Gasteiger partial charge in [0.25, 0.3) is 0 Å². The number of likely N-dealkylation sites (tertiary alicyclic amines) is 1. The number of phenols is 1. The van der Waals surface area contributed by atoms with Crippen LogP contribution in [0.15, 0.2) is 36.9 Å². The maximum absolute atomic E-state index is 12.7. The molecule has 5 nitrogen and oxygen atoms in total. The first-order valence-corrected chi connectivity index (χ1v) is 7.91. The van der Waals surface area contributed by atoms with Crippen LogP contribution in [-0.4, -0.2) is 52.4 Å². The predicted molar refractivity (Wildman–Crippen MR) is 89.0 cm³/mol. The molecule has 2 atom stereocenters. The van der Waals surface area contributed by atoms with E-state index in [-0.39, 0.29) is 29.6 Å². The molecule has 2 unspecified atom stereocenters. The van der Waals surface area contributed by atoms with E-state index in [0.717, 1.165) is 12.0 Å². The van der Waals surface area contributed by atoms with Gasteiger partial charge in [-0.05, 0) is 50.0 Å². The molecule has 1 aromatic carbocycles. The summed E-state index contributed by atoms with van der Waals surface area (Å²) >= 11 is 0. The topological polar surface area (TPSA) is 60.9 Å². The summed E-state index contributed by atoms with van der Waals surface area (Å²) in [5, 5.41) is 9.33. The van der Waals surface area contributed by atoms with Crippen molar-refractivity contribution in [3.63, 3.8) is 0 Å². The number of amides is 2. The van der Waals surface area contributed by atoms with Crippen LogP contribution in [0.25, 0.3) is 0 Å². The van der Waals surface area contributed by atoms with E-state index >= 15 is 0 Å². The molecule has 124 valence electrons. The minimum atomic E-state index is -0.382. The number of likely N-dealkylation sites (N-methyl/N-ethyl adjacent to an activating group) is 1. The Morgan fingerprint density at radius 3 is 2.70 bits per heavy atom. The average molecular weight is 316 g/mol. The largest absolute Gasteiger partial charge is 0.508 e. The fourth-order valence-electron chi connectivity index (χ4n) is 2.97. The maximum atomic E-state index is 12.7. The van der Waals surface area contributed by atoms with Gasteiger partial charge in [0, 0.05) is 19.6 Å². The van der Waals surface area contributed by atoms with Crippen molar-refractivity contribution < 1.29 is 14.7 Å². The Kier molecular flexibility index (Phi) is 5.42. The smallest absolute Gasteiger partial charge is 0.246 e. The van der Waals surface area contributed by atoms with Gasteiger partial charge in [0.15, 0.2) is 0 Å². The fraction of sp³-hybridized carbons (Fsp3) is 0.444. The first-order valence-electron chi connectivity index (χ1n) is 7.91. The van der Waals surface area contributed by atoms with E-state index in [1.807, 2.05) is 19.1 Å². The van der Waals surface area contributed by atoms with E-state index in [0.29, 0.717) is 19.4 Å². The molecular formula is C18H24N2O3. The van der Waals surface area contributed by atoms with Crippen molar-refractivity contribution >= 4 is 11.8 Å². The molecule has 1 fully saturated rings. The Bertz CT molecular complexity index is 582. The Hall–Kier alpha value is -2.30. The molecule has 0 spiro atoms. The van der Waals surface area contributed by atoms with Crippen LogP contribution in [0.5, 0.6) is 5.75 Å². The number of phenolic OH excluding ortho intramolecular Hbond substituents is 1. The lowest BCUT2D eigenvalue weighted by atomic mass is 10.0. The first-order chi connectivity index (χ1) is 10.9. The lowest BCUT2D eigenvalue weighted by Gasteiger charge is -2.31. The van der Waals surface area contributed by atoms with Crippen molar-refractivity contribution in [2.24, 2.45) is 0 Å². The number of carbonyl (C=O) groups excluding carboxylic acids is 2. The van der Waals surface area contributed by atoms with Gasteiger partial charge < -0.3 is 14.9 Å². The second-order valence-electron chi connectivity index (χ2n) is 6.06.